The van der Waals surface area contributed by atoms with Gasteiger partial charge >= 0.3 is 6.03 Å². The molecule has 1 aliphatic rings. The fraction of sp³-hybridized carbons (Fsp3) is 0.125. The SMILES string of the molecule is O=C1NC(c2ccccc2)C(=O)N1Cc1cccc(Cl)c1. The highest BCUT2D eigenvalue weighted by Gasteiger charge is 2.38. The van der Waals surface area contributed by atoms with Crippen molar-refractivity contribution in [1.82, 2.24) is 10.2 Å². The Morgan fingerprint density at radius 3 is 2.52 bits per heavy atom. The molecule has 0 radical (unpaired) electrons. The normalized spacial score (nSPS) is 18.0. The van der Waals surface area contributed by atoms with Crippen molar-refractivity contribution < 1.29 is 9.59 Å². The molecule has 0 bridgehead atoms. The molecule has 1 N–H and O–H groups in total. The lowest BCUT2D eigenvalue weighted by Crippen LogP contribution is -2.30. The summed E-state index contributed by atoms with van der Waals surface area (Å²) in [6.45, 7) is 0.217. The molecule has 5 heteroatoms. The number of hydrogen-bond donors (Lipinski definition) is 1. The van der Waals surface area contributed by atoms with Crippen LogP contribution in [-0.4, -0.2) is 16.8 Å². The lowest BCUT2D eigenvalue weighted by Gasteiger charge is -2.13. The predicted octanol–water partition coefficient (Wildman–Crippen LogP) is 3.13. The summed E-state index contributed by atoms with van der Waals surface area (Å²) in [6, 6.07) is 15.3. The molecule has 3 rings (SSSR count). The lowest BCUT2D eigenvalue weighted by atomic mass is 10.1. The molecule has 1 fully saturated rings. The average molecular weight is 301 g/mol. The van der Waals surface area contributed by atoms with E-state index in [9.17, 15) is 9.59 Å². The minimum atomic E-state index is -0.613. The number of carbonyl (C=O) groups is 2. The van der Waals surface area contributed by atoms with Gasteiger partial charge in [0.25, 0.3) is 5.91 Å². The Kier molecular flexibility index (Phi) is 3.62. The Morgan fingerprint density at radius 1 is 1.05 bits per heavy atom. The summed E-state index contributed by atoms with van der Waals surface area (Å²) in [5, 5.41) is 3.29. The highest BCUT2D eigenvalue weighted by Crippen LogP contribution is 2.23. The van der Waals surface area contributed by atoms with E-state index in [1.807, 2.05) is 36.4 Å². The zero-order valence-electron chi connectivity index (χ0n) is 11.1. The van der Waals surface area contributed by atoms with E-state index < -0.39 is 6.04 Å². The predicted molar refractivity (Wildman–Crippen MR) is 79.7 cm³/mol. The summed E-state index contributed by atoms with van der Waals surface area (Å²) < 4.78 is 0. The molecule has 2 aromatic rings. The number of halogens is 1. The van der Waals surface area contributed by atoms with Crippen LogP contribution in [0.5, 0.6) is 0 Å². The van der Waals surface area contributed by atoms with Crippen LogP contribution in [-0.2, 0) is 11.3 Å². The molecule has 1 aliphatic heterocycles. The summed E-state index contributed by atoms with van der Waals surface area (Å²) in [7, 11) is 0. The van der Waals surface area contributed by atoms with E-state index in [1.165, 1.54) is 4.90 Å². The van der Waals surface area contributed by atoms with Gasteiger partial charge in [-0.1, -0.05) is 54.1 Å². The first kappa shape index (κ1) is 13.6. The van der Waals surface area contributed by atoms with Crippen molar-refractivity contribution in [3.63, 3.8) is 0 Å². The topological polar surface area (TPSA) is 49.4 Å². The molecule has 21 heavy (non-hydrogen) atoms. The number of nitrogens with one attached hydrogen (secondary N) is 1. The molecule has 0 aromatic heterocycles. The maximum absolute atomic E-state index is 12.4. The van der Waals surface area contributed by atoms with Crippen molar-refractivity contribution in [3.05, 3.63) is 70.7 Å². The van der Waals surface area contributed by atoms with E-state index >= 15 is 0 Å². The molecule has 4 nitrogen and oxygen atoms in total. The molecule has 0 aliphatic carbocycles. The van der Waals surface area contributed by atoms with Gasteiger partial charge in [-0.2, -0.15) is 0 Å². The zero-order chi connectivity index (χ0) is 14.8. The van der Waals surface area contributed by atoms with Crippen molar-refractivity contribution in [2.75, 3.05) is 0 Å². The molecule has 1 heterocycles. The van der Waals surface area contributed by atoms with Crippen LogP contribution in [0.15, 0.2) is 54.6 Å². The van der Waals surface area contributed by atoms with Crippen molar-refractivity contribution >= 4 is 23.5 Å². The number of rotatable bonds is 3. The van der Waals surface area contributed by atoms with Crippen LogP contribution in [0, 0.1) is 0 Å². The Balaban J connectivity index is 1.81. The Labute approximate surface area is 127 Å². The van der Waals surface area contributed by atoms with Gasteiger partial charge in [-0.25, -0.2) is 4.79 Å². The summed E-state index contributed by atoms with van der Waals surface area (Å²) >= 11 is 5.92. The van der Waals surface area contributed by atoms with Crippen molar-refractivity contribution in [2.45, 2.75) is 12.6 Å². The van der Waals surface area contributed by atoms with E-state index in [2.05, 4.69) is 5.32 Å². The van der Waals surface area contributed by atoms with Gasteiger partial charge in [0, 0.05) is 5.02 Å². The lowest BCUT2D eigenvalue weighted by molar-refractivity contribution is -0.128. The van der Waals surface area contributed by atoms with Gasteiger partial charge < -0.3 is 5.32 Å². The molecule has 2 aromatic carbocycles. The minimum Gasteiger partial charge on any atom is -0.322 e. The van der Waals surface area contributed by atoms with Gasteiger partial charge in [0.2, 0.25) is 0 Å². The summed E-state index contributed by atoms with van der Waals surface area (Å²) in [6.07, 6.45) is 0. The second-order valence-electron chi connectivity index (χ2n) is 4.85. The maximum Gasteiger partial charge on any atom is 0.325 e. The molecule has 1 unspecified atom stereocenters. The van der Waals surface area contributed by atoms with Crippen LogP contribution < -0.4 is 5.32 Å². The van der Waals surface area contributed by atoms with E-state index in [1.54, 1.807) is 18.2 Å². The van der Waals surface area contributed by atoms with Crippen LogP contribution in [0.2, 0.25) is 5.02 Å². The first-order chi connectivity index (χ1) is 10.1. The van der Waals surface area contributed by atoms with Crippen LogP contribution in [0.25, 0.3) is 0 Å². The Hall–Kier alpha value is -2.33. The summed E-state index contributed by atoms with van der Waals surface area (Å²) in [5.74, 6) is -0.244. The van der Waals surface area contributed by atoms with E-state index in [0.29, 0.717) is 5.02 Å². The third-order valence-electron chi connectivity index (χ3n) is 3.39. The number of carbonyl (C=O) groups excluding carboxylic acids is 2. The second-order valence-corrected chi connectivity index (χ2v) is 5.28. The number of benzene rings is 2. The highest BCUT2D eigenvalue weighted by atomic mass is 35.5. The summed E-state index contributed by atoms with van der Waals surface area (Å²) in [4.78, 5) is 25.6. The molecule has 1 saturated heterocycles. The third kappa shape index (κ3) is 2.76. The molecule has 3 amide bonds. The quantitative estimate of drug-likeness (QED) is 0.885. The second kappa shape index (κ2) is 5.58. The van der Waals surface area contributed by atoms with Crippen molar-refractivity contribution in [3.8, 4) is 0 Å². The summed E-state index contributed by atoms with van der Waals surface area (Å²) in [5.41, 5.74) is 1.60. The monoisotopic (exact) mass is 300 g/mol. The smallest absolute Gasteiger partial charge is 0.322 e. The zero-order valence-corrected chi connectivity index (χ0v) is 11.9. The van der Waals surface area contributed by atoms with Crippen molar-refractivity contribution in [1.29, 1.82) is 0 Å². The standard InChI is InChI=1S/C16H13ClN2O2/c17-13-8-4-5-11(9-13)10-19-15(20)14(18-16(19)21)12-6-2-1-3-7-12/h1-9,14H,10H2,(H,18,21). The number of nitrogens with zero attached hydrogens (tertiary/aromatic N) is 1. The molecule has 0 spiro atoms. The number of hydrogen-bond acceptors (Lipinski definition) is 2. The molecule has 1 atom stereocenters. The van der Waals surface area contributed by atoms with Crippen molar-refractivity contribution in [2.24, 2.45) is 0 Å². The van der Waals surface area contributed by atoms with Crippen LogP contribution >= 0.6 is 11.6 Å². The van der Waals surface area contributed by atoms with Crippen LogP contribution in [0.1, 0.15) is 17.2 Å². The average Bonchev–Trinajstić information content (AvgIpc) is 2.76. The fourth-order valence-electron chi connectivity index (χ4n) is 2.36. The first-order valence-corrected chi connectivity index (χ1v) is 6.94. The number of urea groups is 1. The fourth-order valence-corrected chi connectivity index (χ4v) is 2.57. The highest BCUT2D eigenvalue weighted by molar-refractivity contribution is 6.30. The van der Waals surface area contributed by atoms with Crippen LogP contribution in [0.4, 0.5) is 4.79 Å². The molecular weight excluding hydrogens is 288 g/mol. The molecular formula is C16H13ClN2O2. The first-order valence-electron chi connectivity index (χ1n) is 6.56. The minimum absolute atomic E-state index is 0.217. The van der Waals surface area contributed by atoms with Gasteiger partial charge in [0.1, 0.15) is 6.04 Å². The van der Waals surface area contributed by atoms with E-state index in [4.69, 9.17) is 11.6 Å². The van der Waals surface area contributed by atoms with Crippen LogP contribution in [0.3, 0.4) is 0 Å². The van der Waals surface area contributed by atoms with Gasteiger partial charge in [-0.3, -0.25) is 9.69 Å². The van der Waals surface area contributed by atoms with Gasteiger partial charge in [-0.05, 0) is 23.3 Å². The molecule has 106 valence electrons. The largest absolute Gasteiger partial charge is 0.325 e. The Bertz CT molecular complexity index is 688. The van der Waals surface area contributed by atoms with Gasteiger partial charge in [0.15, 0.2) is 0 Å². The van der Waals surface area contributed by atoms with Gasteiger partial charge in [0.05, 0.1) is 6.54 Å². The van der Waals surface area contributed by atoms with Gasteiger partial charge in [-0.15, -0.1) is 0 Å². The molecule has 0 saturated carbocycles. The number of amides is 3. The third-order valence-corrected chi connectivity index (χ3v) is 3.62. The Morgan fingerprint density at radius 2 is 1.81 bits per heavy atom. The van der Waals surface area contributed by atoms with E-state index in [-0.39, 0.29) is 18.5 Å². The number of imide groups is 1. The maximum atomic E-state index is 12.4. The van der Waals surface area contributed by atoms with E-state index in [0.717, 1.165) is 11.1 Å².